The molecule has 0 aliphatic heterocycles. The lowest BCUT2D eigenvalue weighted by Crippen LogP contribution is -2.09. The van der Waals surface area contributed by atoms with Gasteiger partial charge in [-0.3, -0.25) is 9.59 Å². The first-order valence-electron chi connectivity index (χ1n) is 10.3. The second-order valence-electron chi connectivity index (χ2n) is 6.96. The van der Waals surface area contributed by atoms with E-state index in [1.165, 1.54) is 44.6 Å². The molecule has 1 rings (SSSR count). The molecule has 0 saturated heterocycles. The average Bonchev–Trinajstić information content (AvgIpc) is 2.67. The lowest BCUT2D eigenvalue weighted by atomic mass is 10.1. The van der Waals surface area contributed by atoms with Crippen molar-refractivity contribution in [1.29, 1.82) is 0 Å². The van der Waals surface area contributed by atoms with Gasteiger partial charge < -0.3 is 9.47 Å². The maximum atomic E-state index is 13.1. The van der Waals surface area contributed by atoms with Crippen LogP contribution in [-0.2, 0) is 25.7 Å². The monoisotopic (exact) mass is 398 g/mol. The van der Waals surface area contributed by atoms with Gasteiger partial charge in [-0.15, -0.1) is 0 Å². The third-order valence-corrected chi connectivity index (χ3v) is 4.41. The van der Waals surface area contributed by atoms with Crippen molar-refractivity contribution in [2.75, 3.05) is 6.61 Å². The quantitative estimate of drug-likeness (QED) is 0.274. The summed E-state index contributed by atoms with van der Waals surface area (Å²) in [7, 11) is 0. The summed E-state index contributed by atoms with van der Waals surface area (Å²) in [6, 6.07) is 3.33. The number of esters is 2. The Labute approximate surface area is 166 Å². The summed E-state index contributed by atoms with van der Waals surface area (Å²) in [6.07, 6.45) is 10.1. The smallest absolute Gasteiger partial charge is 0.306 e. The Kier molecular flexibility index (Phi) is 12.9. The summed E-state index contributed by atoms with van der Waals surface area (Å²) < 4.78 is 36.0. The van der Waals surface area contributed by atoms with Gasteiger partial charge >= 0.3 is 11.9 Å². The molecule has 4 nitrogen and oxygen atoms in total. The highest BCUT2D eigenvalue weighted by atomic mass is 19.2. The lowest BCUT2D eigenvalue weighted by Gasteiger charge is -2.06. The van der Waals surface area contributed by atoms with Gasteiger partial charge in [-0.05, 0) is 30.5 Å². The van der Waals surface area contributed by atoms with Crippen molar-refractivity contribution < 1.29 is 27.8 Å². The van der Waals surface area contributed by atoms with E-state index in [1.54, 1.807) is 0 Å². The number of hydrogen-bond donors (Lipinski definition) is 0. The highest BCUT2D eigenvalue weighted by molar-refractivity contribution is 5.72. The standard InChI is InChI=1S/C22H32F2O4/c1-2-3-4-5-6-7-8-9-15-27-21(25)11-10-12-22(26)28-17-18-13-14-19(23)20(24)16-18/h13-14,16H,2-12,15,17H2,1H3. The van der Waals surface area contributed by atoms with Crippen LogP contribution >= 0.6 is 0 Å². The second kappa shape index (κ2) is 15.0. The van der Waals surface area contributed by atoms with E-state index < -0.39 is 17.6 Å². The first-order valence-corrected chi connectivity index (χ1v) is 10.3. The van der Waals surface area contributed by atoms with Crippen molar-refractivity contribution in [3.05, 3.63) is 35.4 Å². The van der Waals surface area contributed by atoms with Crippen molar-refractivity contribution >= 4 is 11.9 Å². The molecule has 0 spiro atoms. The molecule has 0 aromatic heterocycles. The molecule has 1 aromatic carbocycles. The van der Waals surface area contributed by atoms with E-state index >= 15 is 0 Å². The third kappa shape index (κ3) is 11.7. The van der Waals surface area contributed by atoms with Crippen molar-refractivity contribution in [3.8, 4) is 0 Å². The molecule has 1 aromatic rings. The molecule has 28 heavy (non-hydrogen) atoms. The Bertz CT molecular complexity index is 590. The summed E-state index contributed by atoms with van der Waals surface area (Å²) in [5.41, 5.74) is 0.372. The van der Waals surface area contributed by atoms with E-state index in [-0.39, 0.29) is 25.4 Å². The molecule has 0 amide bonds. The normalized spacial score (nSPS) is 10.7. The number of halogens is 2. The Balaban J connectivity index is 1.99. The lowest BCUT2D eigenvalue weighted by molar-refractivity contribution is -0.146. The molecule has 6 heteroatoms. The summed E-state index contributed by atoms with van der Waals surface area (Å²) in [5.74, 6) is -2.72. The van der Waals surface area contributed by atoms with Crippen LogP contribution in [0.15, 0.2) is 18.2 Å². The van der Waals surface area contributed by atoms with Gasteiger partial charge in [0.15, 0.2) is 11.6 Å². The predicted molar refractivity (Wildman–Crippen MR) is 104 cm³/mol. The fourth-order valence-corrected chi connectivity index (χ4v) is 2.74. The zero-order valence-electron chi connectivity index (χ0n) is 16.8. The number of carbonyl (C=O) groups is 2. The molecule has 0 atom stereocenters. The molecule has 0 unspecified atom stereocenters. The van der Waals surface area contributed by atoms with Crippen molar-refractivity contribution in [3.63, 3.8) is 0 Å². The van der Waals surface area contributed by atoms with Gasteiger partial charge in [0.2, 0.25) is 0 Å². The number of benzene rings is 1. The van der Waals surface area contributed by atoms with Gasteiger partial charge in [0.1, 0.15) is 6.61 Å². The number of carbonyl (C=O) groups excluding carboxylic acids is 2. The van der Waals surface area contributed by atoms with Crippen LogP contribution < -0.4 is 0 Å². The highest BCUT2D eigenvalue weighted by Crippen LogP contribution is 2.11. The topological polar surface area (TPSA) is 52.6 Å². The maximum absolute atomic E-state index is 13.1. The minimum absolute atomic E-state index is 0.0799. The van der Waals surface area contributed by atoms with Crippen LogP contribution in [-0.4, -0.2) is 18.5 Å². The SMILES string of the molecule is CCCCCCCCCCOC(=O)CCCC(=O)OCc1ccc(F)c(F)c1. The highest BCUT2D eigenvalue weighted by Gasteiger charge is 2.09. The van der Waals surface area contributed by atoms with E-state index in [2.05, 4.69) is 6.92 Å². The van der Waals surface area contributed by atoms with E-state index in [9.17, 15) is 18.4 Å². The van der Waals surface area contributed by atoms with Crippen LogP contribution in [0, 0.1) is 11.6 Å². The van der Waals surface area contributed by atoms with E-state index in [1.807, 2.05) is 0 Å². The Morgan fingerprint density at radius 2 is 1.39 bits per heavy atom. The Hall–Kier alpha value is -1.98. The maximum Gasteiger partial charge on any atom is 0.306 e. The fourth-order valence-electron chi connectivity index (χ4n) is 2.74. The van der Waals surface area contributed by atoms with Gasteiger partial charge in [-0.25, -0.2) is 8.78 Å². The zero-order valence-corrected chi connectivity index (χ0v) is 16.8. The number of rotatable bonds is 15. The number of hydrogen-bond acceptors (Lipinski definition) is 4. The number of unbranched alkanes of at least 4 members (excludes halogenated alkanes) is 7. The largest absolute Gasteiger partial charge is 0.466 e. The Morgan fingerprint density at radius 1 is 0.786 bits per heavy atom. The molecule has 0 saturated carbocycles. The first-order chi connectivity index (χ1) is 13.5. The Morgan fingerprint density at radius 3 is 2.04 bits per heavy atom. The van der Waals surface area contributed by atoms with Crippen LogP contribution in [0.3, 0.4) is 0 Å². The zero-order chi connectivity index (χ0) is 20.6. The van der Waals surface area contributed by atoms with E-state index in [0.29, 0.717) is 18.6 Å². The first kappa shape index (κ1) is 24.1. The second-order valence-corrected chi connectivity index (χ2v) is 6.96. The molecule has 0 aliphatic carbocycles. The molecule has 0 heterocycles. The van der Waals surface area contributed by atoms with Gasteiger partial charge in [0, 0.05) is 12.8 Å². The average molecular weight is 398 g/mol. The van der Waals surface area contributed by atoms with Crippen LogP contribution in [0.5, 0.6) is 0 Å². The van der Waals surface area contributed by atoms with Crippen LogP contribution in [0.1, 0.15) is 83.1 Å². The minimum Gasteiger partial charge on any atom is -0.466 e. The van der Waals surface area contributed by atoms with Crippen LogP contribution in [0.25, 0.3) is 0 Å². The third-order valence-electron chi connectivity index (χ3n) is 4.41. The fraction of sp³-hybridized carbons (Fsp3) is 0.636. The van der Waals surface area contributed by atoms with Gasteiger partial charge in [-0.2, -0.15) is 0 Å². The summed E-state index contributed by atoms with van der Waals surface area (Å²) >= 11 is 0. The molecule has 0 bridgehead atoms. The van der Waals surface area contributed by atoms with E-state index in [0.717, 1.165) is 25.0 Å². The van der Waals surface area contributed by atoms with Crippen LogP contribution in [0.4, 0.5) is 8.78 Å². The van der Waals surface area contributed by atoms with Crippen LogP contribution in [0.2, 0.25) is 0 Å². The molecule has 0 N–H and O–H groups in total. The van der Waals surface area contributed by atoms with E-state index in [4.69, 9.17) is 9.47 Å². The predicted octanol–water partition coefficient (Wildman–Crippen LogP) is 5.86. The molecular weight excluding hydrogens is 366 g/mol. The van der Waals surface area contributed by atoms with Crippen molar-refractivity contribution in [2.45, 2.75) is 84.2 Å². The van der Waals surface area contributed by atoms with Gasteiger partial charge in [0.05, 0.1) is 6.61 Å². The molecule has 0 fully saturated rings. The molecule has 158 valence electrons. The summed E-state index contributed by atoms with van der Waals surface area (Å²) in [4.78, 5) is 23.3. The summed E-state index contributed by atoms with van der Waals surface area (Å²) in [6.45, 7) is 2.50. The molecular formula is C22H32F2O4. The molecule has 0 radical (unpaired) electrons. The summed E-state index contributed by atoms with van der Waals surface area (Å²) in [5, 5.41) is 0. The van der Waals surface area contributed by atoms with Crippen molar-refractivity contribution in [2.24, 2.45) is 0 Å². The minimum atomic E-state index is -0.979. The van der Waals surface area contributed by atoms with Gasteiger partial charge in [-0.1, -0.05) is 57.9 Å². The molecule has 0 aliphatic rings. The van der Waals surface area contributed by atoms with Gasteiger partial charge in [0.25, 0.3) is 0 Å². The van der Waals surface area contributed by atoms with Crippen molar-refractivity contribution in [1.82, 2.24) is 0 Å². The number of ether oxygens (including phenoxy) is 2.